The number of benzene rings is 1. The zero-order chi connectivity index (χ0) is 10.7. The number of aliphatic hydroxyl groups excluding tert-OH is 1. The molecule has 0 spiro atoms. The number of nitrogens with zero attached hydrogens (tertiary/aromatic N) is 1. The summed E-state index contributed by atoms with van der Waals surface area (Å²) >= 11 is 0. The normalized spacial score (nSPS) is 21.6. The summed E-state index contributed by atoms with van der Waals surface area (Å²) in [6, 6.07) is 10.0. The van der Waals surface area contributed by atoms with Gasteiger partial charge in [0, 0.05) is 19.5 Å². The van der Waals surface area contributed by atoms with Crippen LogP contribution in [0.3, 0.4) is 0 Å². The van der Waals surface area contributed by atoms with Crippen LogP contribution in [0.2, 0.25) is 0 Å². The van der Waals surface area contributed by atoms with Crippen molar-refractivity contribution in [3.63, 3.8) is 0 Å². The van der Waals surface area contributed by atoms with Crippen molar-refractivity contribution in [1.82, 2.24) is 4.90 Å². The van der Waals surface area contributed by atoms with Crippen LogP contribution in [-0.2, 0) is 11.3 Å². The van der Waals surface area contributed by atoms with Gasteiger partial charge < -0.3 is 10.6 Å². The first-order valence-electron chi connectivity index (χ1n) is 5.20. The van der Waals surface area contributed by atoms with Crippen molar-refractivity contribution in [1.29, 1.82) is 0 Å². The summed E-state index contributed by atoms with van der Waals surface area (Å²) in [5.74, 6) is 0.129. The van der Waals surface area contributed by atoms with Crippen LogP contribution >= 0.6 is 0 Å². The summed E-state index contributed by atoms with van der Waals surface area (Å²) in [5, 5.41) is 9.47. The van der Waals surface area contributed by atoms with Crippen molar-refractivity contribution < 1.29 is 15.4 Å². The fraction of sp³-hybridized carbons (Fsp3) is 0.417. The molecule has 1 saturated heterocycles. The molecule has 0 amide bonds. The Morgan fingerprint density at radius 3 is 2.62 bits per heavy atom. The van der Waals surface area contributed by atoms with E-state index >= 15 is 0 Å². The molecule has 0 aliphatic carbocycles. The molecule has 3 N–H and O–H groups in total. The Balaban J connectivity index is 0.00000128. The van der Waals surface area contributed by atoms with E-state index in [1.54, 1.807) is 0 Å². The van der Waals surface area contributed by atoms with Gasteiger partial charge in [-0.3, -0.25) is 9.69 Å². The number of ketones is 1. The number of carbonyl (C=O) groups is 1. The highest BCUT2D eigenvalue weighted by atomic mass is 16.3. The highest BCUT2D eigenvalue weighted by molar-refractivity contribution is 5.81. The van der Waals surface area contributed by atoms with E-state index in [1.807, 2.05) is 35.2 Å². The SMILES string of the molecule is O.O=C1CC(O)CN(Cc2ccccc2)C1. The Bertz CT molecular complexity index is 339. The first-order valence-corrected chi connectivity index (χ1v) is 5.20. The lowest BCUT2D eigenvalue weighted by Gasteiger charge is -2.28. The molecule has 0 aromatic heterocycles. The predicted octanol–water partition coefficient (Wildman–Crippen LogP) is -0.00240. The van der Waals surface area contributed by atoms with E-state index < -0.39 is 6.10 Å². The largest absolute Gasteiger partial charge is 0.412 e. The molecule has 88 valence electrons. The molecule has 1 aliphatic rings. The summed E-state index contributed by atoms with van der Waals surface area (Å²) in [6.07, 6.45) is -0.180. The lowest BCUT2D eigenvalue weighted by Crippen LogP contribution is -2.42. The highest BCUT2D eigenvalue weighted by Crippen LogP contribution is 2.11. The topological polar surface area (TPSA) is 72.0 Å². The van der Waals surface area contributed by atoms with Crippen LogP contribution in [-0.4, -0.2) is 40.5 Å². The molecule has 1 heterocycles. The number of carbonyl (C=O) groups excluding carboxylic acids is 1. The first kappa shape index (κ1) is 12.8. The number of likely N-dealkylation sites (tertiary alicyclic amines) is 1. The minimum Gasteiger partial charge on any atom is -0.412 e. The third-order valence-electron chi connectivity index (χ3n) is 2.58. The molecule has 1 unspecified atom stereocenters. The summed E-state index contributed by atoms with van der Waals surface area (Å²) < 4.78 is 0. The third-order valence-corrected chi connectivity index (χ3v) is 2.58. The second-order valence-electron chi connectivity index (χ2n) is 4.05. The fourth-order valence-electron chi connectivity index (χ4n) is 1.97. The Morgan fingerprint density at radius 1 is 1.31 bits per heavy atom. The number of hydrogen-bond acceptors (Lipinski definition) is 3. The number of piperidine rings is 1. The molecule has 0 saturated carbocycles. The zero-order valence-electron chi connectivity index (χ0n) is 9.10. The first-order chi connectivity index (χ1) is 7.24. The van der Waals surface area contributed by atoms with E-state index in [4.69, 9.17) is 0 Å². The quantitative estimate of drug-likeness (QED) is 0.767. The van der Waals surface area contributed by atoms with Crippen LogP contribution in [0.5, 0.6) is 0 Å². The molecular formula is C12H17NO3. The number of aliphatic hydroxyl groups is 1. The average molecular weight is 223 g/mol. The van der Waals surface area contributed by atoms with Crippen LogP contribution in [0, 0.1) is 0 Å². The second-order valence-corrected chi connectivity index (χ2v) is 4.05. The van der Waals surface area contributed by atoms with E-state index in [-0.39, 0.29) is 11.3 Å². The van der Waals surface area contributed by atoms with Crippen LogP contribution in [0.1, 0.15) is 12.0 Å². The Labute approximate surface area is 94.8 Å². The van der Waals surface area contributed by atoms with Gasteiger partial charge in [0.25, 0.3) is 0 Å². The molecule has 4 heteroatoms. The number of hydrogen-bond donors (Lipinski definition) is 1. The molecule has 1 aromatic rings. The fourth-order valence-corrected chi connectivity index (χ4v) is 1.97. The molecular weight excluding hydrogens is 206 g/mol. The van der Waals surface area contributed by atoms with E-state index in [2.05, 4.69) is 0 Å². The van der Waals surface area contributed by atoms with Crippen molar-refractivity contribution in [2.24, 2.45) is 0 Å². The summed E-state index contributed by atoms with van der Waals surface area (Å²) in [6.45, 7) is 1.80. The van der Waals surface area contributed by atoms with Crippen molar-refractivity contribution in [2.45, 2.75) is 19.1 Å². The van der Waals surface area contributed by atoms with Gasteiger partial charge in [0.15, 0.2) is 0 Å². The maximum absolute atomic E-state index is 11.3. The van der Waals surface area contributed by atoms with Gasteiger partial charge >= 0.3 is 0 Å². The van der Waals surface area contributed by atoms with Gasteiger partial charge in [0.1, 0.15) is 5.78 Å². The minimum absolute atomic E-state index is 0. The van der Waals surface area contributed by atoms with Gasteiger partial charge in [-0.2, -0.15) is 0 Å². The average Bonchev–Trinajstić information content (AvgIpc) is 2.17. The molecule has 1 atom stereocenters. The smallest absolute Gasteiger partial charge is 0.149 e. The number of β-amino-alcohol motifs (C(OH)–C–C–N with tert-alkyl or cyclic N) is 1. The summed E-state index contributed by atoms with van der Waals surface area (Å²) in [5.41, 5.74) is 1.18. The molecule has 4 nitrogen and oxygen atoms in total. The van der Waals surface area contributed by atoms with E-state index in [0.717, 1.165) is 6.54 Å². The second kappa shape index (κ2) is 5.75. The predicted molar refractivity (Wildman–Crippen MR) is 61.0 cm³/mol. The van der Waals surface area contributed by atoms with Crippen molar-refractivity contribution in [2.75, 3.05) is 13.1 Å². The lowest BCUT2D eigenvalue weighted by atomic mass is 10.1. The standard InChI is InChI=1S/C12H15NO2.H2O/c14-11-6-12(15)9-13(8-11)7-10-4-2-1-3-5-10;/h1-5,11,14H,6-9H2;1H2. The molecule has 1 fully saturated rings. The Hall–Kier alpha value is -1.23. The van der Waals surface area contributed by atoms with Crippen LogP contribution in [0.25, 0.3) is 0 Å². The summed E-state index contributed by atoms with van der Waals surface area (Å²) in [4.78, 5) is 13.3. The molecule has 0 radical (unpaired) electrons. The van der Waals surface area contributed by atoms with Gasteiger partial charge in [-0.15, -0.1) is 0 Å². The molecule has 1 aromatic carbocycles. The minimum atomic E-state index is -0.491. The maximum atomic E-state index is 11.3. The van der Waals surface area contributed by atoms with E-state index in [0.29, 0.717) is 19.5 Å². The van der Waals surface area contributed by atoms with E-state index in [9.17, 15) is 9.90 Å². The third kappa shape index (κ3) is 3.41. The van der Waals surface area contributed by atoms with Gasteiger partial charge in [-0.05, 0) is 5.56 Å². The Morgan fingerprint density at radius 2 is 2.00 bits per heavy atom. The molecule has 1 aliphatic heterocycles. The maximum Gasteiger partial charge on any atom is 0.149 e. The molecule has 2 rings (SSSR count). The van der Waals surface area contributed by atoms with Crippen molar-refractivity contribution in [3.05, 3.63) is 35.9 Å². The van der Waals surface area contributed by atoms with Gasteiger partial charge in [-0.25, -0.2) is 0 Å². The monoisotopic (exact) mass is 223 g/mol. The van der Waals surface area contributed by atoms with Crippen molar-refractivity contribution in [3.8, 4) is 0 Å². The van der Waals surface area contributed by atoms with Crippen LogP contribution in [0.4, 0.5) is 0 Å². The Kier molecular flexibility index (Phi) is 4.61. The van der Waals surface area contributed by atoms with Gasteiger partial charge in [0.2, 0.25) is 0 Å². The van der Waals surface area contributed by atoms with Gasteiger partial charge in [0.05, 0.1) is 12.6 Å². The zero-order valence-corrected chi connectivity index (χ0v) is 9.10. The number of rotatable bonds is 2. The van der Waals surface area contributed by atoms with E-state index in [1.165, 1.54) is 5.56 Å². The number of Topliss-reactive ketones (excluding diaryl/α,β-unsaturated/α-hetero) is 1. The van der Waals surface area contributed by atoms with Crippen molar-refractivity contribution >= 4 is 5.78 Å². The lowest BCUT2D eigenvalue weighted by molar-refractivity contribution is -0.126. The molecule has 0 bridgehead atoms. The highest BCUT2D eigenvalue weighted by Gasteiger charge is 2.23. The van der Waals surface area contributed by atoms with Crippen LogP contribution < -0.4 is 0 Å². The van der Waals surface area contributed by atoms with Crippen LogP contribution in [0.15, 0.2) is 30.3 Å². The molecule has 16 heavy (non-hydrogen) atoms. The van der Waals surface area contributed by atoms with Gasteiger partial charge in [-0.1, -0.05) is 30.3 Å². The summed E-state index contributed by atoms with van der Waals surface area (Å²) in [7, 11) is 0.